The molecule has 190 valence electrons. The number of amides is 1. The van der Waals surface area contributed by atoms with Crippen molar-refractivity contribution in [3.8, 4) is 0 Å². The quantitative estimate of drug-likeness (QED) is 0.101. The first-order chi connectivity index (χ1) is 15.8. The number of nitrogens with two attached hydrogens (primary N) is 1. The fourth-order valence-electron chi connectivity index (χ4n) is 3.57. The first kappa shape index (κ1) is 31.0. The van der Waals surface area contributed by atoms with Gasteiger partial charge in [0.2, 0.25) is 5.91 Å². The van der Waals surface area contributed by atoms with Crippen molar-refractivity contribution in [3.05, 3.63) is 12.2 Å². The topological polar surface area (TPSA) is 91.2 Å². The average molecular weight is 454 g/mol. The Morgan fingerprint density at radius 2 is 1.09 bits per heavy atom. The molecule has 0 aromatic heterocycles. The Morgan fingerprint density at radius 3 is 1.66 bits per heavy atom. The Labute approximate surface area is 199 Å². The van der Waals surface area contributed by atoms with Crippen LogP contribution in [0.3, 0.4) is 0 Å². The van der Waals surface area contributed by atoms with Gasteiger partial charge >= 0.3 is 0 Å². The highest BCUT2D eigenvalue weighted by atomic mass is 16.1. The van der Waals surface area contributed by atoms with Crippen LogP contribution in [0.25, 0.3) is 0 Å². The molecule has 0 bridgehead atoms. The first-order valence-corrected chi connectivity index (χ1v) is 13.5. The van der Waals surface area contributed by atoms with Crippen molar-refractivity contribution in [1.82, 2.24) is 21.3 Å². The summed E-state index contributed by atoms with van der Waals surface area (Å²) in [6.07, 6.45) is 22.1. The summed E-state index contributed by atoms with van der Waals surface area (Å²) in [4.78, 5) is 11.9. The highest BCUT2D eigenvalue weighted by Gasteiger charge is 2.00. The fourth-order valence-corrected chi connectivity index (χ4v) is 3.57. The molecule has 0 saturated carbocycles. The Kier molecular flexibility index (Phi) is 27.2. The van der Waals surface area contributed by atoms with Gasteiger partial charge < -0.3 is 27.0 Å². The third kappa shape index (κ3) is 27.1. The van der Waals surface area contributed by atoms with E-state index < -0.39 is 0 Å². The lowest BCUT2D eigenvalue weighted by Gasteiger charge is -2.08. The van der Waals surface area contributed by atoms with Crippen LogP contribution in [0, 0.1) is 0 Å². The Hall–Kier alpha value is -0.950. The third-order valence-corrected chi connectivity index (χ3v) is 5.57. The van der Waals surface area contributed by atoms with Gasteiger partial charge in [-0.2, -0.15) is 0 Å². The zero-order valence-electron chi connectivity index (χ0n) is 21.2. The van der Waals surface area contributed by atoms with Gasteiger partial charge in [-0.1, -0.05) is 70.4 Å². The largest absolute Gasteiger partial charge is 0.355 e. The molecule has 0 atom stereocenters. The number of rotatable bonds is 26. The molecule has 0 radical (unpaired) electrons. The predicted octanol–water partition coefficient (Wildman–Crippen LogP) is 3.87. The van der Waals surface area contributed by atoms with Crippen molar-refractivity contribution in [1.29, 1.82) is 0 Å². The molecule has 32 heavy (non-hydrogen) atoms. The normalized spacial score (nSPS) is 11.4. The molecule has 1 amide bonds. The minimum Gasteiger partial charge on any atom is -0.355 e. The maximum atomic E-state index is 11.9. The SMILES string of the molecule is CCCCCCCC/C=C/CCCCCCCC(=O)NCCNCCNCCNCCN. The van der Waals surface area contributed by atoms with Gasteiger partial charge in [-0.05, 0) is 32.1 Å². The summed E-state index contributed by atoms with van der Waals surface area (Å²) in [5, 5.41) is 13.0. The van der Waals surface area contributed by atoms with Crippen LogP contribution in [-0.4, -0.2) is 58.3 Å². The van der Waals surface area contributed by atoms with Gasteiger partial charge in [-0.15, -0.1) is 0 Å². The van der Waals surface area contributed by atoms with Gasteiger partial charge in [0.1, 0.15) is 0 Å². The highest BCUT2D eigenvalue weighted by molar-refractivity contribution is 5.75. The van der Waals surface area contributed by atoms with E-state index in [0.717, 1.165) is 45.7 Å². The fraction of sp³-hybridized carbons (Fsp3) is 0.885. The zero-order valence-corrected chi connectivity index (χ0v) is 21.2. The summed E-state index contributed by atoms with van der Waals surface area (Å²) in [5.41, 5.74) is 5.42. The van der Waals surface area contributed by atoms with E-state index in [0.29, 0.717) is 19.5 Å². The molecule has 0 fully saturated rings. The molecule has 0 unspecified atom stereocenters. The van der Waals surface area contributed by atoms with Crippen LogP contribution in [0.1, 0.15) is 96.8 Å². The maximum absolute atomic E-state index is 11.9. The van der Waals surface area contributed by atoms with Gasteiger partial charge in [0, 0.05) is 58.8 Å². The van der Waals surface area contributed by atoms with Crippen molar-refractivity contribution in [2.75, 3.05) is 52.4 Å². The summed E-state index contributed by atoms with van der Waals surface area (Å²) in [6.45, 7) is 9.12. The van der Waals surface area contributed by atoms with E-state index in [1.165, 1.54) is 77.0 Å². The number of nitrogens with one attached hydrogen (secondary N) is 4. The van der Waals surface area contributed by atoms with Crippen molar-refractivity contribution >= 4 is 5.91 Å². The van der Waals surface area contributed by atoms with Gasteiger partial charge in [0.25, 0.3) is 0 Å². The molecule has 6 N–H and O–H groups in total. The van der Waals surface area contributed by atoms with Crippen LogP contribution in [0.15, 0.2) is 12.2 Å². The molecule has 6 heteroatoms. The van der Waals surface area contributed by atoms with Crippen LogP contribution in [0.2, 0.25) is 0 Å². The number of hydrogen-bond donors (Lipinski definition) is 5. The van der Waals surface area contributed by atoms with Crippen LogP contribution in [-0.2, 0) is 4.79 Å². The number of hydrogen-bond acceptors (Lipinski definition) is 5. The van der Waals surface area contributed by atoms with Crippen molar-refractivity contribution in [3.63, 3.8) is 0 Å². The molecular weight excluding hydrogens is 398 g/mol. The molecule has 0 aliphatic rings. The lowest BCUT2D eigenvalue weighted by atomic mass is 10.1. The molecule has 0 heterocycles. The van der Waals surface area contributed by atoms with Gasteiger partial charge in [-0.3, -0.25) is 4.79 Å². The Morgan fingerprint density at radius 1 is 0.625 bits per heavy atom. The summed E-state index contributed by atoms with van der Waals surface area (Å²) in [5.74, 6) is 0.188. The van der Waals surface area contributed by atoms with E-state index in [1.54, 1.807) is 0 Å². The molecule has 0 aromatic carbocycles. The first-order valence-electron chi connectivity index (χ1n) is 13.5. The van der Waals surface area contributed by atoms with E-state index in [1.807, 2.05) is 0 Å². The maximum Gasteiger partial charge on any atom is 0.220 e. The van der Waals surface area contributed by atoms with E-state index in [4.69, 9.17) is 5.73 Å². The molecule has 6 nitrogen and oxygen atoms in total. The lowest BCUT2D eigenvalue weighted by molar-refractivity contribution is -0.121. The Balaban J connectivity index is 3.20. The summed E-state index contributed by atoms with van der Waals surface area (Å²) >= 11 is 0. The predicted molar refractivity (Wildman–Crippen MR) is 140 cm³/mol. The monoisotopic (exact) mass is 453 g/mol. The highest BCUT2D eigenvalue weighted by Crippen LogP contribution is 2.09. The molecule has 0 aliphatic heterocycles. The van der Waals surface area contributed by atoms with Crippen LogP contribution >= 0.6 is 0 Å². The second-order valence-electron chi connectivity index (χ2n) is 8.72. The zero-order chi connectivity index (χ0) is 23.4. The molecular formula is C26H55N5O. The van der Waals surface area contributed by atoms with E-state index in [9.17, 15) is 4.79 Å². The minimum absolute atomic E-state index is 0.188. The minimum atomic E-state index is 0.188. The Bertz CT molecular complexity index is 404. The molecule has 0 aromatic rings. The smallest absolute Gasteiger partial charge is 0.220 e. The third-order valence-electron chi connectivity index (χ3n) is 5.57. The molecule has 0 aliphatic carbocycles. The van der Waals surface area contributed by atoms with E-state index >= 15 is 0 Å². The van der Waals surface area contributed by atoms with E-state index in [-0.39, 0.29) is 5.91 Å². The standard InChI is InChI=1S/C26H55N5O/c1-2-3-4-5-6-7-8-9-10-11-12-13-14-15-16-17-26(32)31-25-24-30-23-22-29-21-20-28-19-18-27/h9-10,28-30H,2-8,11-25,27H2,1H3,(H,31,32)/b10-9+. The molecule has 0 rings (SSSR count). The summed E-state index contributed by atoms with van der Waals surface area (Å²) in [6, 6.07) is 0. The van der Waals surface area contributed by atoms with Crippen LogP contribution in [0.5, 0.6) is 0 Å². The summed E-state index contributed by atoms with van der Waals surface area (Å²) < 4.78 is 0. The number of carbonyl (C=O) groups excluding carboxylic acids is 1. The van der Waals surface area contributed by atoms with E-state index in [2.05, 4.69) is 40.3 Å². The summed E-state index contributed by atoms with van der Waals surface area (Å²) in [7, 11) is 0. The second-order valence-corrected chi connectivity index (χ2v) is 8.72. The van der Waals surface area contributed by atoms with Crippen molar-refractivity contribution < 1.29 is 4.79 Å². The molecule has 0 saturated heterocycles. The average Bonchev–Trinajstić information content (AvgIpc) is 2.80. The van der Waals surface area contributed by atoms with Gasteiger partial charge in [0.05, 0.1) is 0 Å². The number of carbonyl (C=O) groups is 1. The van der Waals surface area contributed by atoms with Crippen molar-refractivity contribution in [2.24, 2.45) is 5.73 Å². The lowest BCUT2D eigenvalue weighted by Crippen LogP contribution is -2.36. The van der Waals surface area contributed by atoms with Gasteiger partial charge in [0.15, 0.2) is 0 Å². The van der Waals surface area contributed by atoms with Crippen LogP contribution in [0.4, 0.5) is 0 Å². The second kappa shape index (κ2) is 28.1. The van der Waals surface area contributed by atoms with Crippen LogP contribution < -0.4 is 27.0 Å². The number of unbranched alkanes of at least 4 members (excludes halogenated alkanes) is 11. The van der Waals surface area contributed by atoms with Gasteiger partial charge in [-0.25, -0.2) is 0 Å². The molecule has 0 spiro atoms. The van der Waals surface area contributed by atoms with Crippen molar-refractivity contribution in [2.45, 2.75) is 96.8 Å². The number of allylic oxidation sites excluding steroid dienone is 2.